The molecule has 0 unspecified atom stereocenters. The molecule has 0 bridgehead atoms. The summed E-state index contributed by atoms with van der Waals surface area (Å²) in [5.74, 6) is 0.324. The first-order valence-electron chi connectivity index (χ1n) is 15.9. The maximum absolute atomic E-state index is 14.2. The fourth-order valence-electron chi connectivity index (χ4n) is 6.94. The van der Waals surface area contributed by atoms with E-state index in [-0.39, 0.29) is 36.7 Å². The number of rotatable bonds is 6. The summed E-state index contributed by atoms with van der Waals surface area (Å²) in [4.78, 5) is 47.7. The molecule has 0 aliphatic carbocycles. The lowest BCUT2D eigenvalue weighted by Gasteiger charge is -2.45. The van der Waals surface area contributed by atoms with E-state index in [9.17, 15) is 14.4 Å². The fourth-order valence-corrected chi connectivity index (χ4v) is 6.94. The van der Waals surface area contributed by atoms with Crippen LogP contribution in [0.4, 0.5) is 0 Å². The Kier molecular flexibility index (Phi) is 9.09. The summed E-state index contributed by atoms with van der Waals surface area (Å²) >= 11 is 0. The molecular formula is C32H43N9O5. The van der Waals surface area contributed by atoms with E-state index >= 15 is 0 Å². The third-order valence-corrected chi connectivity index (χ3v) is 9.41. The number of ether oxygens (including phenoxy) is 1. The summed E-state index contributed by atoms with van der Waals surface area (Å²) in [7, 11) is 5.60. The van der Waals surface area contributed by atoms with Crippen LogP contribution >= 0.6 is 0 Å². The summed E-state index contributed by atoms with van der Waals surface area (Å²) < 4.78 is 12.7. The van der Waals surface area contributed by atoms with E-state index in [4.69, 9.17) is 9.26 Å². The molecule has 2 fully saturated rings. The lowest BCUT2D eigenvalue weighted by Crippen LogP contribution is -2.60. The number of piperidine rings is 2. The number of fused-ring (bicyclic) bond motifs is 2. The molecule has 2 atom stereocenters. The van der Waals surface area contributed by atoms with Crippen LogP contribution in [0.2, 0.25) is 0 Å². The molecular weight excluding hydrogens is 590 g/mol. The molecule has 0 radical (unpaired) electrons. The van der Waals surface area contributed by atoms with Crippen LogP contribution in [-0.4, -0.2) is 105 Å². The first-order chi connectivity index (χ1) is 22.1. The zero-order valence-electron chi connectivity index (χ0n) is 27.0. The van der Waals surface area contributed by atoms with Crippen molar-refractivity contribution >= 4 is 17.7 Å². The van der Waals surface area contributed by atoms with Gasteiger partial charge in [0, 0.05) is 32.7 Å². The number of methoxy groups -OCH3 is 1. The van der Waals surface area contributed by atoms with Crippen molar-refractivity contribution in [2.45, 2.75) is 76.3 Å². The van der Waals surface area contributed by atoms with Crippen LogP contribution in [0.1, 0.15) is 71.2 Å². The van der Waals surface area contributed by atoms with Gasteiger partial charge in [-0.25, -0.2) is 4.68 Å². The van der Waals surface area contributed by atoms with Crippen molar-refractivity contribution in [3.05, 3.63) is 58.7 Å². The van der Waals surface area contributed by atoms with Gasteiger partial charge in [0.1, 0.15) is 17.4 Å². The van der Waals surface area contributed by atoms with Gasteiger partial charge < -0.3 is 29.7 Å². The number of hydrogen-bond donors (Lipinski definition) is 2. The van der Waals surface area contributed by atoms with Crippen LogP contribution < -0.4 is 15.4 Å². The SMILES string of the molecule is COc1cccc(CN2CCC3(CC2)CC(=O)N2CC[C@@H](n4cc(CN(C)C)nn4)C[C@H]2C(=O)NCc2onc(C)c2C(=O)N3)c1. The molecule has 3 aliphatic rings. The predicted octanol–water partition coefficient (Wildman–Crippen LogP) is 1.66. The molecule has 246 valence electrons. The van der Waals surface area contributed by atoms with Gasteiger partial charge in [-0.3, -0.25) is 19.3 Å². The van der Waals surface area contributed by atoms with Crippen molar-refractivity contribution in [1.82, 2.24) is 45.5 Å². The zero-order chi connectivity index (χ0) is 32.4. The second-order valence-electron chi connectivity index (χ2n) is 13.0. The number of aromatic nitrogens is 4. The normalized spacial score (nSPS) is 22.5. The van der Waals surface area contributed by atoms with Crippen molar-refractivity contribution < 1.29 is 23.6 Å². The topological polar surface area (TPSA) is 151 Å². The minimum Gasteiger partial charge on any atom is -0.497 e. The number of hydrogen-bond acceptors (Lipinski definition) is 10. The lowest BCUT2D eigenvalue weighted by atomic mass is 9.82. The van der Waals surface area contributed by atoms with Crippen molar-refractivity contribution in [3.8, 4) is 5.75 Å². The quantitative estimate of drug-likeness (QED) is 0.410. The van der Waals surface area contributed by atoms with Crippen LogP contribution in [0, 0.1) is 6.92 Å². The van der Waals surface area contributed by atoms with Gasteiger partial charge in [-0.2, -0.15) is 0 Å². The standard InChI is InChI=1S/C32H43N9O5/c1-21-29-27(46-36-21)17-33-30(43)26-15-24(41-20-23(35-37-41)19-38(2)3)8-11-40(26)28(42)16-32(34-31(29)44)9-12-39(13-10-32)18-22-6-5-7-25(14-22)45-4/h5-7,14,20,24,26H,8-13,15-19H2,1-4H3,(H,33,43)(H,34,44)/t24-,26+/m1/s1. The number of nitrogens with one attached hydrogen (secondary N) is 2. The number of carbonyl (C=O) groups excluding carboxylic acids is 3. The molecule has 2 N–H and O–H groups in total. The Morgan fingerprint density at radius 3 is 2.72 bits per heavy atom. The van der Waals surface area contributed by atoms with Gasteiger partial charge in [-0.1, -0.05) is 22.5 Å². The van der Waals surface area contributed by atoms with Crippen molar-refractivity contribution in [1.29, 1.82) is 0 Å². The first kappa shape index (κ1) is 31.7. The minimum absolute atomic E-state index is 0.0107. The van der Waals surface area contributed by atoms with Crippen LogP contribution in [0.5, 0.6) is 5.75 Å². The molecule has 6 rings (SSSR count). The molecule has 1 spiro atoms. The van der Waals surface area contributed by atoms with Crippen molar-refractivity contribution in [3.63, 3.8) is 0 Å². The Morgan fingerprint density at radius 1 is 1.15 bits per heavy atom. The molecule has 46 heavy (non-hydrogen) atoms. The number of benzene rings is 1. The van der Waals surface area contributed by atoms with Crippen LogP contribution in [0.3, 0.4) is 0 Å². The lowest BCUT2D eigenvalue weighted by molar-refractivity contribution is -0.145. The smallest absolute Gasteiger partial charge is 0.257 e. The maximum Gasteiger partial charge on any atom is 0.257 e. The average Bonchev–Trinajstić information content (AvgIpc) is 3.66. The number of likely N-dealkylation sites (tertiary alicyclic amines) is 1. The molecule has 1 aromatic carbocycles. The third kappa shape index (κ3) is 6.77. The molecule has 5 heterocycles. The van der Waals surface area contributed by atoms with Crippen LogP contribution in [0.15, 0.2) is 35.0 Å². The van der Waals surface area contributed by atoms with Crippen molar-refractivity contribution in [2.24, 2.45) is 0 Å². The maximum atomic E-state index is 14.2. The van der Waals surface area contributed by atoms with Gasteiger partial charge in [-0.05, 0) is 64.4 Å². The van der Waals surface area contributed by atoms with E-state index in [1.807, 2.05) is 48.1 Å². The average molecular weight is 634 g/mol. The Balaban J connectivity index is 1.24. The summed E-state index contributed by atoms with van der Waals surface area (Å²) in [6.45, 7) is 4.86. The van der Waals surface area contributed by atoms with Gasteiger partial charge in [0.2, 0.25) is 11.8 Å². The highest BCUT2D eigenvalue weighted by atomic mass is 16.5. The molecule has 14 nitrogen and oxygen atoms in total. The monoisotopic (exact) mass is 633 g/mol. The van der Waals surface area contributed by atoms with E-state index in [1.54, 1.807) is 18.9 Å². The highest BCUT2D eigenvalue weighted by Gasteiger charge is 2.44. The number of aryl methyl sites for hydroxylation is 1. The molecule has 3 aromatic rings. The zero-order valence-corrected chi connectivity index (χ0v) is 27.0. The summed E-state index contributed by atoms with van der Waals surface area (Å²) in [6, 6.07) is 7.20. The van der Waals surface area contributed by atoms with E-state index in [1.165, 1.54) is 0 Å². The third-order valence-electron chi connectivity index (χ3n) is 9.41. The van der Waals surface area contributed by atoms with E-state index in [0.717, 1.165) is 23.6 Å². The number of carbonyl (C=O) groups is 3. The van der Waals surface area contributed by atoms with Crippen molar-refractivity contribution in [2.75, 3.05) is 40.8 Å². The Labute approximate surface area is 268 Å². The molecule has 0 saturated carbocycles. The molecule has 2 saturated heterocycles. The Hall–Kier alpha value is -4.30. The second kappa shape index (κ2) is 13.2. The second-order valence-corrected chi connectivity index (χ2v) is 13.0. The number of amides is 3. The molecule has 2 aromatic heterocycles. The van der Waals surface area contributed by atoms with E-state index < -0.39 is 11.6 Å². The largest absolute Gasteiger partial charge is 0.497 e. The van der Waals surface area contributed by atoms with Crippen LogP contribution in [0.25, 0.3) is 0 Å². The van der Waals surface area contributed by atoms with Gasteiger partial charge in [-0.15, -0.1) is 5.10 Å². The molecule has 3 aliphatic heterocycles. The van der Waals surface area contributed by atoms with Crippen LogP contribution in [-0.2, 0) is 29.2 Å². The van der Waals surface area contributed by atoms with Gasteiger partial charge in [0.25, 0.3) is 5.91 Å². The van der Waals surface area contributed by atoms with Gasteiger partial charge in [0.15, 0.2) is 5.76 Å². The number of nitrogens with zero attached hydrogens (tertiary/aromatic N) is 7. The van der Waals surface area contributed by atoms with E-state index in [0.29, 0.717) is 68.9 Å². The minimum atomic E-state index is -0.788. The summed E-state index contributed by atoms with van der Waals surface area (Å²) in [5.41, 5.74) is 1.94. The summed E-state index contributed by atoms with van der Waals surface area (Å²) in [5, 5.41) is 18.9. The van der Waals surface area contributed by atoms with Gasteiger partial charge in [0.05, 0.1) is 49.2 Å². The predicted molar refractivity (Wildman–Crippen MR) is 167 cm³/mol. The first-order valence-corrected chi connectivity index (χ1v) is 15.9. The Bertz CT molecular complexity index is 1580. The highest BCUT2D eigenvalue weighted by Crippen LogP contribution is 2.33. The van der Waals surface area contributed by atoms with E-state index in [2.05, 4.69) is 37.1 Å². The molecule has 3 amide bonds. The highest BCUT2D eigenvalue weighted by molar-refractivity contribution is 5.97. The Morgan fingerprint density at radius 2 is 1.96 bits per heavy atom. The summed E-state index contributed by atoms with van der Waals surface area (Å²) in [6.07, 6.45) is 4.21. The molecule has 14 heteroatoms. The van der Waals surface area contributed by atoms with Gasteiger partial charge >= 0.3 is 0 Å². The fraction of sp³-hybridized carbons (Fsp3) is 0.562.